The Morgan fingerprint density at radius 1 is 1.22 bits per heavy atom. The third-order valence-corrected chi connectivity index (χ3v) is 3.72. The van der Waals surface area contributed by atoms with Gasteiger partial charge < -0.3 is 4.74 Å². The number of ether oxygens (including phenoxy) is 1. The number of benzene rings is 2. The predicted molar refractivity (Wildman–Crippen MR) is 93.8 cm³/mol. The monoisotopic (exact) mass is 344 g/mol. The first-order chi connectivity index (χ1) is 11.2. The molecule has 2 aromatic carbocycles. The summed E-state index contributed by atoms with van der Waals surface area (Å²) < 4.78 is 7.27. The summed E-state index contributed by atoms with van der Waals surface area (Å²) >= 11 is 11.2. The SMILES string of the molecule is COc1ccccc1/C=N/n1c(-c2ccc(Cl)cc2)n[nH]c1=S. The largest absolute Gasteiger partial charge is 0.496 e. The van der Waals surface area contributed by atoms with Crippen LogP contribution in [0.5, 0.6) is 5.75 Å². The first kappa shape index (κ1) is 15.5. The van der Waals surface area contributed by atoms with E-state index < -0.39 is 0 Å². The molecule has 0 atom stereocenters. The van der Waals surface area contributed by atoms with Crippen LogP contribution in [0.25, 0.3) is 11.4 Å². The topological polar surface area (TPSA) is 55.2 Å². The number of nitrogens with one attached hydrogen (secondary N) is 1. The third kappa shape index (κ3) is 3.33. The van der Waals surface area contributed by atoms with Crippen LogP contribution in [0, 0.1) is 4.77 Å². The normalized spacial score (nSPS) is 11.0. The van der Waals surface area contributed by atoms with Crippen LogP contribution in [-0.4, -0.2) is 28.2 Å². The second-order valence-corrected chi connectivity index (χ2v) is 5.48. The number of nitrogens with zero attached hydrogens (tertiary/aromatic N) is 3. The average Bonchev–Trinajstić information content (AvgIpc) is 2.94. The van der Waals surface area contributed by atoms with E-state index in [9.17, 15) is 0 Å². The van der Waals surface area contributed by atoms with E-state index in [1.54, 1.807) is 30.1 Å². The van der Waals surface area contributed by atoms with Crippen LogP contribution in [0.2, 0.25) is 5.02 Å². The van der Waals surface area contributed by atoms with Crippen molar-refractivity contribution in [3.8, 4) is 17.1 Å². The summed E-state index contributed by atoms with van der Waals surface area (Å²) in [5.74, 6) is 1.34. The summed E-state index contributed by atoms with van der Waals surface area (Å²) in [7, 11) is 1.62. The van der Waals surface area contributed by atoms with Gasteiger partial charge in [0.25, 0.3) is 0 Å². The highest BCUT2D eigenvalue weighted by Crippen LogP contribution is 2.20. The van der Waals surface area contributed by atoms with Crippen LogP contribution in [0.3, 0.4) is 0 Å². The van der Waals surface area contributed by atoms with Gasteiger partial charge in [0.1, 0.15) is 5.75 Å². The molecular weight excluding hydrogens is 332 g/mol. The van der Waals surface area contributed by atoms with Gasteiger partial charge in [-0.2, -0.15) is 14.9 Å². The number of hydrogen-bond donors (Lipinski definition) is 1. The molecule has 0 aliphatic heterocycles. The van der Waals surface area contributed by atoms with Crippen molar-refractivity contribution in [3.63, 3.8) is 0 Å². The molecule has 0 fully saturated rings. The lowest BCUT2D eigenvalue weighted by atomic mass is 10.2. The van der Waals surface area contributed by atoms with Crippen LogP contribution in [-0.2, 0) is 0 Å². The summed E-state index contributed by atoms with van der Waals surface area (Å²) in [4.78, 5) is 0. The molecule has 0 spiro atoms. The molecule has 0 saturated heterocycles. The number of aromatic amines is 1. The van der Waals surface area contributed by atoms with Crippen molar-refractivity contribution in [3.05, 3.63) is 63.9 Å². The van der Waals surface area contributed by atoms with Crippen LogP contribution < -0.4 is 4.74 Å². The van der Waals surface area contributed by atoms with Gasteiger partial charge in [0, 0.05) is 16.1 Å². The molecule has 7 heteroatoms. The highest BCUT2D eigenvalue weighted by atomic mass is 35.5. The quantitative estimate of drug-likeness (QED) is 0.571. The maximum atomic E-state index is 5.92. The highest BCUT2D eigenvalue weighted by molar-refractivity contribution is 7.71. The number of H-pyrrole nitrogens is 1. The third-order valence-electron chi connectivity index (χ3n) is 3.20. The molecule has 116 valence electrons. The Hall–Kier alpha value is -2.44. The molecular formula is C16H13ClN4OS. The molecule has 3 rings (SSSR count). The van der Waals surface area contributed by atoms with Crippen molar-refractivity contribution in [1.82, 2.24) is 14.9 Å². The van der Waals surface area contributed by atoms with Crippen molar-refractivity contribution >= 4 is 30.0 Å². The minimum Gasteiger partial charge on any atom is -0.496 e. The average molecular weight is 345 g/mol. The van der Waals surface area contributed by atoms with Crippen molar-refractivity contribution in [2.24, 2.45) is 5.10 Å². The zero-order valence-electron chi connectivity index (χ0n) is 12.2. The van der Waals surface area contributed by atoms with E-state index in [0.717, 1.165) is 16.9 Å². The molecule has 0 bridgehead atoms. The zero-order valence-corrected chi connectivity index (χ0v) is 13.8. The smallest absolute Gasteiger partial charge is 0.216 e. The van der Waals surface area contributed by atoms with Gasteiger partial charge in [-0.15, -0.1) is 0 Å². The fraction of sp³-hybridized carbons (Fsp3) is 0.0625. The Kier molecular flexibility index (Phi) is 4.55. The Balaban J connectivity index is 2.01. The van der Waals surface area contributed by atoms with Gasteiger partial charge in [0.2, 0.25) is 4.77 Å². The van der Waals surface area contributed by atoms with E-state index >= 15 is 0 Å². The Morgan fingerprint density at radius 2 is 1.96 bits per heavy atom. The molecule has 0 aliphatic carbocycles. The van der Waals surface area contributed by atoms with Crippen molar-refractivity contribution in [1.29, 1.82) is 0 Å². The molecule has 5 nitrogen and oxygen atoms in total. The number of rotatable bonds is 4. The molecule has 23 heavy (non-hydrogen) atoms. The zero-order chi connectivity index (χ0) is 16.2. The van der Waals surface area contributed by atoms with E-state index in [-0.39, 0.29) is 0 Å². The van der Waals surface area contributed by atoms with Crippen molar-refractivity contribution in [2.75, 3.05) is 7.11 Å². The van der Waals surface area contributed by atoms with Gasteiger partial charge in [0.05, 0.1) is 13.3 Å². The summed E-state index contributed by atoms with van der Waals surface area (Å²) in [5, 5.41) is 12.1. The molecule has 1 aromatic heterocycles. The van der Waals surface area contributed by atoms with E-state index in [2.05, 4.69) is 15.3 Å². The van der Waals surface area contributed by atoms with Gasteiger partial charge in [-0.05, 0) is 48.6 Å². The Labute approximate surface area is 143 Å². The van der Waals surface area contributed by atoms with Gasteiger partial charge in [0.15, 0.2) is 5.82 Å². The molecule has 0 amide bonds. The summed E-state index contributed by atoms with van der Waals surface area (Å²) in [6.07, 6.45) is 1.68. The maximum absolute atomic E-state index is 5.92. The van der Waals surface area contributed by atoms with Crippen molar-refractivity contribution in [2.45, 2.75) is 0 Å². The molecule has 3 aromatic rings. The minimum atomic E-state index is 0.404. The van der Waals surface area contributed by atoms with Gasteiger partial charge >= 0.3 is 0 Å². The number of aromatic nitrogens is 3. The fourth-order valence-electron chi connectivity index (χ4n) is 2.08. The number of para-hydroxylation sites is 1. The van der Waals surface area contributed by atoms with Crippen molar-refractivity contribution < 1.29 is 4.74 Å². The highest BCUT2D eigenvalue weighted by Gasteiger charge is 2.08. The van der Waals surface area contributed by atoms with Crippen LogP contribution in [0.1, 0.15) is 5.56 Å². The number of hydrogen-bond acceptors (Lipinski definition) is 4. The first-order valence-electron chi connectivity index (χ1n) is 6.80. The van der Waals surface area contributed by atoms with E-state index in [4.69, 9.17) is 28.6 Å². The molecule has 0 radical (unpaired) electrons. The molecule has 0 saturated carbocycles. The van der Waals surface area contributed by atoms with E-state index in [1.165, 1.54) is 0 Å². The summed E-state index contributed by atoms with van der Waals surface area (Å²) in [5.41, 5.74) is 1.71. The Bertz CT molecular complexity index is 899. The van der Waals surface area contributed by atoms with E-state index in [1.807, 2.05) is 36.4 Å². The maximum Gasteiger partial charge on any atom is 0.216 e. The molecule has 1 heterocycles. The van der Waals surface area contributed by atoms with Gasteiger partial charge in [-0.25, -0.2) is 5.10 Å². The summed E-state index contributed by atoms with van der Waals surface area (Å²) in [6, 6.07) is 14.9. The van der Waals surface area contributed by atoms with Crippen LogP contribution in [0.4, 0.5) is 0 Å². The number of methoxy groups -OCH3 is 1. The van der Waals surface area contributed by atoms with Crippen LogP contribution in [0.15, 0.2) is 53.6 Å². The van der Waals surface area contributed by atoms with Gasteiger partial charge in [-0.3, -0.25) is 0 Å². The van der Waals surface area contributed by atoms with E-state index in [0.29, 0.717) is 15.6 Å². The predicted octanol–water partition coefficient (Wildman–Crippen LogP) is 4.15. The standard InChI is InChI=1S/C16H13ClN4OS/c1-22-14-5-3-2-4-12(14)10-18-21-15(19-20-16(21)23)11-6-8-13(17)9-7-11/h2-10H,1H3,(H,20,23)/b18-10+. The molecule has 1 N–H and O–H groups in total. The second-order valence-electron chi connectivity index (χ2n) is 4.66. The van der Waals surface area contributed by atoms with Crippen LogP contribution >= 0.6 is 23.8 Å². The number of halogens is 1. The Morgan fingerprint density at radius 3 is 2.70 bits per heavy atom. The first-order valence-corrected chi connectivity index (χ1v) is 7.58. The second kappa shape index (κ2) is 6.76. The lowest BCUT2D eigenvalue weighted by molar-refractivity contribution is 0.414. The fourth-order valence-corrected chi connectivity index (χ4v) is 2.38. The summed E-state index contributed by atoms with van der Waals surface area (Å²) in [6.45, 7) is 0. The molecule has 0 aliphatic rings. The van der Waals surface area contributed by atoms with Gasteiger partial charge in [-0.1, -0.05) is 23.7 Å². The minimum absolute atomic E-state index is 0.404. The lowest BCUT2D eigenvalue weighted by Gasteiger charge is -2.04. The lowest BCUT2D eigenvalue weighted by Crippen LogP contribution is -1.96. The molecule has 0 unspecified atom stereocenters.